The summed E-state index contributed by atoms with van der Waals surface area (Å²) in [6.45, 7) is 2.97. The number of hydrogen-bond donors (Lipinski definition) is 1. The summed E-state index contributed by atoms with van der Waals surface area (Å²) in [6, 6.07) is 8.59. The molecular formula is C13H16N2S2. The molecule has 0 aliphatic rings. The second-order valence-corrected chi connectivity index (χ2v) is 5.75. The number of thiazole rings is 1. The van der Waals surface area contributed by atoms with Crippen LogP contribution in [0, 0.1) is 6.92 Å². The zero-order valence-electron chi connectivity index (χ0n) is 10.3. The van der Waals surface area contributed by atoms with Gasteiger partial charge in [0.15, 0.2) is 0 Å². The minimum Gasteiger partial charge on any atom is -0.315 e. The Morgan fingerprint density at radius 2 is 2.00 bits per heavy atom. The van der Waals surface area contributed by atoms with E-state index in [2.05, 4.69) is 47.7 Å². The van der Waals surface area contributed by atoms with Crippen molar-refractivity contribution >= 4 is 23.1 Å². The first kappa shape index (κ1) is 12.6. The number of rotatable bonds is 4. The van der Waals surface area contributed by atoms with Crippen LogP contribution in [-0.2, 0) is 6.54 Å². The maximum absolute atomic E-state index is 4.63. The molecule has 0 fully saturated rings. The predicted octanol–water partition coefficient (Wildman–Crippen LogP) is 3.56. The van der Waals surface area contributed by atoms with Gasteiger partial charge in [-0.25, -0.2) is 4.98 Å². The molecule has 2 rings (SSSR count). The molecule has 0 amide bonds. The van der Waals surface area contributed by atoms with Gasteiger partial charge in [0.05, 0.1) is 5.69 Å². The first-order valence-electron chi connectivity index (χ1n) is 5.50. The van der Waals surface area contributed by atoms with Gasteiger partial charge in [0.2, 0.25) is 0 Å². The Kier molecular flexibility index (Phi) is 4.20. The van der Waals surface area contributed by atoms with Gasteiger partial charge in [0.1, 0.15) is 5.01 Å². The van der Waals surface area contributed by atoms with Gasteiger partial charge in [0.25, 0.3) is 0 Å². The number of aromatic nitrogens is 1. The molecule has 0 radical (unpaired) electrons. The highest BCUT2D eigenvalue weighted by Gasteiger charge is 2.08. The molecule has 17 heavy (non-hydrogen) atoms. The topological polar surface area (TPSA) is 24.9 Å². The maximum Gasteiger partial charge on any atom is 0.123 e. The summed E-state index contributed by atoms with van der Waals surface area (Å²) in [7, 11) is 1.96. The molecule has 0 aliphatic carbocycles. The predicted molar refractivity (Wildman–Crippen MR) is 76.8 cm³/mol. The molecule has 1 N–H and O–H groups in total. The molecule has 0 saturated carbocycles. The molecule has 2 aromatic rings. The quantitative estimate of drug-likeness (QED) is 0.855. The fourth-order valence-corrected chi connectivity index (χ4v) is 3.10. The van der Waals surface area contributed by atoms with Crippen LogP contribution in [0.2, 0.25) is 0 Å². The number of benzene rings is 1. The van der Waals surface area contributed by atoms with Crippen molar-refractivity contribution in [2.24, 2.45) is 0 Å². The largest absolute Gasteiger partial charge is 0.315 e. The van der Waals surface area contributed by atoms with Crippen molar-refractivity contribution in [3.05, 3.63) is 34.8 Å². The second kappa shape index (κ2) is 5.67. The maximum atomic E-state index is 4.63. The van der Waals surface area contributed by atoms with Gasteiger partial charge >= 0.3 is 0 Å². The molecule has 0 spiro atoms. The van der Waals surface area contributed by atoms with Gasteiger partial charge in [-0.2, -0.15) is 0 Å². The van der Waals surface area contributed by atoms with Crippen LogP contribution in [0.5, 0.6) is 0 Å². The summed E-state index contributed by atoms with van der Waals surface area (Å²) in [6.07, 6.45) is 2.09. The summed E-state index contributed by atoms with van der Waals surface area (Å²) >= 11 is 3.53. The van der Waals surface area contributed by atoms with Crippen molar-refractivity contribution in [1.29, 1.82) is 0 Å². The van der Waals surface area contributed by atoms with E-state index in [-0.39, 0.29) is 0 Å². The van der Waals surface area contributed by atoms with E-state index in [4.69, 9.17) is 0 Å². The van der Waals surface area contributed by atoms with Crippen LogP contribution in [0.4, 0.5) is 0 Å². The average Bonchev–Trinajstić information content (AvgIpc) is 2.72. The normalized spacial score (nSPS) is 10.8. The third kappa shape index (κ3) is 2.89. The number of nitrogens with zero attached hydrogens (tertiary/aromatic N) is 1. The zero-order valence-corrected chi connectivity index (χ0v) is 11.9. The molecule has 1 aromatic heterocycles. The van der Waals surface area contributed by atoms with Crippen molar-refractivity contribution < 1.29 is 0 Å². The Labute approximate surface area is 110 Å². The van der Waals surface area contributed by atoms with Crippen LogP contribution >= 0.6 is 23.1 Å². The number of thioether (sulfide) groups is 1. The summed E-state index contributed by atoms with van der Waals surface area (Å²) in [4.78, 5) is 7.23. The molecule has 0 saturated heterocycles. The Hall–Kier alpha value is -0.840. The Bertz CT molecular complexity index is 489. The molecule has 2 nitrogen and oxygen atoms in total. The fraction of sp³-hybridized carbons (Fsp3) is 0.308. The monoisotopic (exact) mass is 264 g/mol. The molecule has 0 unspecified atom stereocenters. The summed E-state index contributed by atoms with van der Waals surface area (Å²) < 4.78 is 0. The van der Waals surface area contributed by atoms with Crippen molar-refractivity contribution in [3.8, 4) is 10.6 Å². The van der Waals surface area contributed by atoms with E-state index in [0.717, 1.165) is 17.2 Å². The third-order valence-corrected chi connectivity index (χ3v) is 4.52. The zero-order chi connectivity index (χ0) is 12.3. The van der Waals surface area contributed by atoms with E-state index >= 15 is 0 Å². The van der Waals surface area contributed by atoms with Gasteiger partial charge in [-0.05, 0) is 32.4 Å². The van der Waals surface area contributed by atoms with Gasteiger partial charge in [0, 0.05) is 21.9 Å². The number of aryl methyl sites for hydroxylation is 1. The molecule has 0 aliphatic heterocycles. The molecule has 1 heterocycles. The first-order chi connectivity index (χ1) is 8.24. The minimum atomic E-state index is 0.895. The molecule has 4 heteroatoms. The average molecular weight is 264 g/mol. The van der Waals surface area contributed by atoms with Crippen LogP contribution in [0.3, 0.4) is 0 Å². The summed E-state index contributed by atoms with van der Waals surface area (Å²) in [5.74, 6) is 0. The number of hydrogen-bond acceptors (Lipinski definition) is 4. The molecule has 0 atom stereocenters. The highest BCUT2D eigenvalue weighted by Crippen LogP contribution is 2.29. The molecule has 0 bridgehead atoms. The highest BCUT2D eigenvalue weighted by atomic mass is 32.2. The van der Waals surface area contributed by atoms with Gasteiger partial charge in [-0.1, -0.05) is 12.1 Å². The second-order valence-electron chi connectivity index (χ2n) is 3.79. The molecular weight excluding hydrogens is 248 g/mol. The van der Waals surface area contributed by atoms with E-state index in [9.17, 15) is 0 Å². The first-order valence-corrected chi connectivity index (χ1v) is 7.54. The lowest BCUT2D eigenvalue weighted by atomic mass is 10.2. The van der Waals surface area contributed by atoms with E-state index in [1.807, 2.05) is 7.05 Å². The lowest BCUT2D eigenvalue weighted by molar-refractivity contribution is 0.823. The standard InChI is InChI=1S/C13H16N2S2/c1-9-12(8-14-2)17-13(15-9)10-4-6-11(16-3)7-5-10/h4-7,14H,8H2,1-3H3. The molecule has 90 valence electrons. The third-order valence-electron chi connectivity index (χ3n) is 2.57. The number of nitrogens with one attached hydrogen (secondary N) is 1. The van der Waals surface area contributed by atoms with Crippen LogP contribution in [0.15, 0.2) is 29.2 Å². The van der Waals surface area contributed by atoms with E-state index in [0.29, 0.717) is 0 Å². The van der Waals surface area contributed by atoms with Gasteiger partial charge in [-0.15, -0.1) is 23.1 Å². The van der Waals surface area contributed by atoms with Gasteiger partial charge < -0.3 is 5.32 Å². The highest BCUT2D eigenvalue weighted by molar-refractivity contribution is 7.98. The summed E-state index contributed by atoms with van der Waals surface area (Å²) in [5.41, 5.74) is 2.34. The van der Waals surface area contributed by atoms with Crippen molar-refractivity contribution in [3.63, 3.8) is 0 Å². The van der Waals surface area contributed by atoms with Crippen LogP contribution in [0.1, 0.15) is 10.6 Å². The lowest BCUT2D eigenvalue weighted by Gasteiger charge is -1.98. The van der Waals surface area contributed by atoms with Crippen LogP contribution < -0.4 is 5.32 Å². The van der Waals surface area contributed by atoms with Crippen molar-refractivity contribution in [2.75, 3.05) is 13.3 Å². The Balaban J connectivity index is 2.29. The van der Waals surface area contributed by atoms with Crippen LogP contribution in [0.25, 0.3) is 10.6 Å². The van der Waals surface area contributed by atoms with E-state index < -0.39 is 0 Å². The Morgan fingerprint density at radius 3 is 2.59 bits per heavy atom. The molecule has 1 aromatic carbocycles. The minimum absolute atomic E-state index is 0.895. The SMILES string of the molecule is CNCc1sc(-c2ccc(SC)cc2)nc1C. The van der Waals surface area contributed by atoms with Gasteiger partial charge in [-0.3, -0.25) is 0 Å². The summed E-state index contributed by atoms with van der Waals surface area (Å²) in [5, 5.41) is 4.29. The van der Waals surface area contributed by atoms with Crippen molar-refractivity contribution in [1.82, 2.24) is 10.3 Å². The smallest absolute Gasteiger partial charge is 0.123 e. The lowest BCUT2D eigenvalue weighted by Crippen LogP contribution is -2.04. The van der Waals surface area contributed by atoms with Crippen molar-refractivity contribution in [2.45, 2.75) is 18.4 Å². The van der Waals surface area contributed by atoms with E-state index in [1.165, 1.54) is 15.3 Å². The fourth-order valence-electron chi connectivity index (χ4n) is 1.61. The van der Waals surface area contributed by atoms with Crippen LogP contribution in [-0.4, -0.2) is 18.3 Å². The van der Waals surface area contributed by atoms with E-state index in [1.54, 1.807) is 23.1 Å². The Morgan fingerprint density at radius 1 is 1.29 bits per heavy atom.